The van der Waals surface area contributed by atoms with Crippen LogP contribution < -0.4 is 0 Å². The van der Waals surface area contributed by atoms with Crippen molar-refractivity contribution in [2.75, 3.05) is 6.54 Å². The van der Waals surface area contributed by atoms with E-state index in [-0.39, 0.29) is 0 Å². The molecule has 0 bridgehead atoms. The molecule has 0 aromatic heterocycles. The van der Waals surface area contributed by atoms with E-state index in [2.05, 4.69) is 11.9 Å². The summed E-state index contributed by atoms with van der Waals surface area (Å²) < 4.78 is 0. The molecule has 0 aliphatic carbocycles. The van der Waals surface area contributed by atoms with Crippen molar-refractivity contribution < 1.29 is 5.11 Å². The summed E-state index contributed by atoms with van der Waals surface area (Å²) in [4.78, 5) is 4.53. The maximum Gasteiger partial charge on any atom is 0.116 e. The Morgan fingerprint density at radius 3 is 2.93 bits per heavy atom. The number of benzene rings is 1. The van der Waals surface area contributed by atoms with Crippen LogP contribution in [0.15, 0.2) is 29.3 Å². The van der Waals surface area contributed by atoms with E-state index in [4.69, 9.17) is 0 Å². The molecule has 14 heavy (non-hydrogen) atoms. The number of rotatable bonds is 1. The van der Waals surface area contributed by atoms with Crippen LogP contribution in [-0.4, -0.2) is 17.4 Å². The molecular formula is C12H15NO. The van der Waals surface area contributed by atoms with Gasteiger partial charge in [-0.15, -0.1) is 0 Å². The van der Waals surface area contributed by atoms with Gasteiger partial charge in [-0.2, -0.15) is 0 Å². The fourth-order valence-corrected chi connectivity index (χ4v) is 1.74. The SMILES string of the molecule is CC1CCC(c2cccc(O)c2)=NC1. The molecule has 1 aliphatic rings. The van der Waals surface area contributed by atoms with Crippen LogP contribution in [0.5, 0.6) is 5.75 Å². The van der Waals surface area contributed by atoms with Gasteiger partial charge in [-0.3, -0.25) is 4.99 Å². The number of hydrogen-bond donors (Lipinski definition) is 1. The molecule has 2 heteroatoms. The van der Waals surface area contributed by atoms with E-state index in [1.54, 1.807) is 12.1 Å². The highest BCUT2D eigenvalue weighted by atomic mass is 16.3. The smallest absolute Gasteiger partial charge is 0.116 e. The topological polar surface area (TPSA) is 32.6 Å². The Hall–Kier alpha value is -1.31. The summed E-state index contributed by atoms with van der Waals surface area (Å²) in [7, 11) is 0. The molecule has 1 atom stereocenters. The van der Waals surface area contributed by atoms with Crippen LogP contribution in [0.2, 0.25) is 0 Å². The molecule has 1 N–H and O–H groups in total. The molecule has 1 heterocycles. The van der Waals surface area contributed by atoms with E-state index in [0.29, 0.717) is 11.7 Å². The lowest BCUT2D eigenvalue weighted by Gasteiger charge is -2.17. The molecule has 74 valence electrons. The van der Waals surface area contributed by atoms with Crippen molar-refractivity contribution >= 4 is 5.71 Å². The van der Waals surface area contributed by atoms with Gasteiger partial charge in [0.25, 0.3) is 0 Å². The van der Waals surface area contributed by atoms with Gasteiger partial charge in [0.2, 0.25) is 0 Å². The summed E-state index contributed by atoms with van der Waals surface area (Å²) in [6.07, 6.45) is 2.24. The van der Waals surface area contributed by atoms with Gasteiger partial charge in [-0.1, -0.05) is 19.1 Å². The quantitative estimate of drug-likeness (QED) is 0.723. The largest absolute Gasteiger partial charge is 0.508 e. The molecule has 0 saturated heterocycles. The first kappa shape index (κ1) is 9.25. The van der Waals surface area contributed by atoms with Gasteiger partial charge < -0.3 is 5.11 Å². The van der Waals surface area contributed by atoms with Gasteiger partial charge in [-0.25, -0.2) is 0 Å². The number of aliphatic imine (C=N–C) groups is 1. The highest BCUT2D eigenvalue weighted by Gasteiger charge is 2.12. The Balaban J connectivity index is 2.23. The van der Waals surface area contributed by atoms with Crippen LogP contribution in [-0.2, 0) is 0 Å². The summed E-state index contributed by atoms with van der Waals surface area (Å²) >= 11 is 0. The number of hydrogen-bond acceptors (Lipinski definition) is 2. The van der Waals surface area contributed by atoms with Crippen LogP contribution in [0, 0.1) is 5.92 Å². The third-order valence-electron chi connectivity index (χ3n) is 2.65. The van der Waals surface area contributed by atoms with Crippen LogP contribution >= 0.6 is 0 Å². The first-order valence-electron chi connectivity index (χ1n) is 5.08. The fourth-order valence-electron chi connectivity index (χ4n) is 1.74. The van der Waals surface area contributed by atoms with E-state index < -0.39 is 0 Å². The van der Waals surface area contributed by atoms with Crippen molar-refractivity contribution in [2.24, 2.45) is 10.9 Å². The monoisotopic (exact) mass is 189 g/mol. The number of nitrogens with zero attached hydrogens (tertiary/aromatic N) is 1. The van der Waals surface area contributed by atoms with Crippen molar-refractivity contribution in [3.63, 3.8) is 0 Å². The van der Waals surface area contributed by atoms with Crippen molar-refractivity contribution in [1.29, 1.82) is 0 Å². The van der Waals surface area contributed by atoms with Gasteiger partial charge in [-0.05, 0) is 36.5 Å². The highest BCUT2D eigenvalue weighted by molar-refractivity contribution is 6.01. The van der Waals surface area contributed by atoms with Gasteiger partial charge in [0, 0.05) is 12.3 Å². The molecule has 0 radical (unpaired) electrons. The number of phenols is 1. The minimum atomic E-state index is 0.323. The summed E-state index contributed by atoms with van der Waals surface area (Å²) in [5.74, 6) is 1.03. The van der Waals surface area contributed by atoms with Crippen molar-refractivity contribution in [3.8, 4) is 5.75 Å². The minimum Gasteiger partial charge on any atom is -0.508 e. The summed E-state index contributed by atoms with van der Waals surface area (Å²) in [5, 5.41) is 9.34. The second kappa shape index (κ2) is 3.82. The molecule has 1 aromatic rings. The fraction of sp³-hybridized carbons (Fsp3) is 0.417. The van der Waals surface area contributed by atoms with E-state index in [9.17, 15) is 5.11 Å². The first-order chi connectivity index (χ1) is 6.75. The third-order valence-corrected chi connectivity index (χ3v) is 2.65. The Morgan fingerprint density at radius 1 is 1.43 bits per heavy atom. The van der Waals surface area contributed by atoms with Gasteiger partial charge >= 0.3 is 0 Å². The zero-order valence-corrected chi connectivity index (χ0v) is 8.40. The minimum absolute atomic E-state index is 0.323. The lowest BCUT2D eigenvalue weighted by molar-refractivity contribution is 0.475. The molecule has 0 fully saturated rings. The Bertz CT molecular complexity index is 357. The Morgan fingerprint density at radius 2 is 2.29 bits per heavy atom. The molecule has 0 saturated carbocycles. The average Bonchev–Trinajstić information content (AvgIpc) is 2.19. The number of phenolic OH excluding ortho intramolecular Hbond substituents is 1. The first-order valence-corrected chi connectivity index (χ1v) is 5.08. The molecule has 0 amide bonds. The molecule has 1 aliphatic heterocycles. The predicted octanol–water partition coefficient (Wildman–Crippen LogP) is 2.61. The lowest BCUT2D eigenvalue weighted by atomic mass is 9.96. The van der Waals surface area contributed by atoms with Crippen LogP contribution in [0.4, 0.5) is 0 Å². The third kappa shape index (κ3) is 1.95. The average molecular weight is 189 g/mol. The zero-order chi connectivity index (χ0) is 9.97. The van der Waals surface area contributed by atoms with Crippen molar-refractivity contribution in [3.05, 3.63) is 29.8 Å². The predicted molar refractivity (Wildman–Crippen MR) is 57.9 cm³/mol. The van der Waals surface area contributed by atoms with Gasteiger partial charge in [0.15, 0.2) is 0 Å². The van der Waals surface area contributed by atoms with Crippen molar-refractivity contribution in [1.82, 2.24) is 0 Å². The standard InChI is InChI=1S/C12H15NO/c1-9-5-6-12(13-8-9)10-3-2-4-11(14)7-10/h2-4,7,9,14H,5-6,8H2,1H3. The second-order valence-corrected chi connectivity index (χ2v) is 3.98. The van der Waals surface area contributed by atoms with E-state index >= 15 is 0 Å². The molecule has 1 aromatic carbocycles. The maximum atomic E-state index is 9.34. The van der Waals surface area contributed by atoms with Crippen LogP contribution in [0.1, 0.15) is 25.3 Å². The summed E-state index contributed by atoms with van der Waals surface area (Å²) in [5.41, 5.74) is 2.20. The summed E-state index contributed by atoms with van der Waals surface area (Å²) in [6, 6.07) is 7.35. The zero-order valence-electron chi connectivity index (χ0n) is 8.40. The Labute approximate surface area is 84.3 Å². The maximum absolute atomic E-state index is 9.34. The Kier molecular flexibility index (Phi) is 2.53. The highest BCUT2D eigenvalue weighted by Crippen LogP contribution is 2.20. The molecule has 2 nitrogen and oxygen atoms in total. The van der Waals surface area contributed by atoms with E-state index in [0.717, 1.165) is 24.2 Å². The molecular weight excluding hydrogens is 174 g/mol. The van der Waals surface area contributed by atoms with E-state index in [1.807, 2.05) is 12.1 Å². The van der Waals surface area contributed by atoms with Gasteiger partial charge in [0.1, 0.15) is 5.75 Å². The van der Waals surface area contributed by atoms with E-state index in [1.165, 1.54) is 6.42 Å². The molecule has 0 spiro atoms. The second-order valence-electron chi connectivity index (χ2n) is 3.98. The van der Waals surface area contributed by atoms with Crippen molar-refractivity contribution in [2.45, 2.75) is 19.8 Å². The normalized spacial score (nSPS) is 21.8. The van der Waals surface area contributed by atoms with Crippen LogP contribution in [0.3, 0.4) is 0 Å². The lowest BCUT2D eigenvalue weighted by Crippen LogP contribution is -2.13. The summed E-state index contributed by atoms with van der Waals surface area (Å²) in [6.45, 7) is 3.15. The molecule has 1 unspecified atom stereocenters. The van der Waals surface area contributed by atoms with Crippen LogP contribution in [0.25, 0.3) is 0 Å². The number of aromatic hydroxyl groups is 1. The molecule has 2 rings (SSSR count). The van der Waals surface area contributed by atoms with Gasteiger partial charge in [0.05, 0.1) is 0 Å².